The highest BCUT2D eigenvalue weighted by molar-refractivity contribution is 7.86. The minimum Gasteiger partial charge on any atom is -0.495 e. The predicted octanol–water partition coefficient (Wildman–Crippen LogP) is 2.62. The Labute approximate surface area is 93.0 Å². The van der Waals surface area contributed by atoms with Gasteiger partial charge < -0.3 is 4.74 Å². The fourth-order valence-electron chi connectivity index (χ4n) is 1.36. The first-order valence-electron chi connectivity index (χ1n) is 4.07. The number of aryl methyl sites for hydroxylation is 1. The smallest absolute Gasteiger partial charge is 0.336 e. The molecule has 0 unspecified atom stereocenters. The Bertz CT molecular complexity index is 497. The van der Waals surface area contributed by atoms with Crippen LogP contribution >= 0.6 is 11.6 Å². The molecule has 0 bridgehead atoms. The third-order valence-corrected chi connectivity index (χ3v) is 3.63. The summed E-state index contributed by atoms with van der Waals surface area (Å²) in [6.45, 7) is 3.12. The maximum atomic E-state index is 13.0. The van der Waals surface area contributed by atoms with Crippen LogP contribution in [0.2, 0.25) is 5.02 Å². The van der Waals surface area contributed by atoms with Crippen LogP contribution in [0, 0.1) is 13.8 Å². The second-order valence-electron chi connectivity index (χ2n) is 3.10. The van der Waals surface area contributed by atoms with Crippen molar-refractivity contribution in [3.63, 3.8) is 0 Å². The zero-order valence-corrected chi connectivity index (χ0v) is 10.0. The summed E-state index contributed by atoms with van der Waals surface area (Å²) in [5.41, 5.74) is 0.800. The number of hydrogen-bond acceptors (Lipinski definition) is 3. The molecule has 0 aliphatic carbocycles. The highest BCUT2D eigenvalue weighted by Crippen LogP contribution is 2.35. The van der Waals surface area contributed by atoms with Crippen LogP contribution in [0.4, 0.5) is 3.89 Å². The Morgan fingerprint density at radius 3 is 2.33 bits per heavy atom. The van der Waals surface area contributed by atoms with Gasteiger partial charge in [0.2, 0.25) is 0 Å². The average Bonchev–Trinajstić information content (AvgIpc) is 2.11. The lowest BCUT2D eigenvalue weighted by molar-refractivity contribution is 0.400. The molecule has 0 saturated heterocycles. The predicted molar refractivity (Wildman–Crippen MR) is 55.8 cm³/mol. The summed E-state index contributed by atoms with van der Waals surface area (Å²) in [6.07, 6.45) is 0. The topological polar surface area (TPSA) is 43.4 Å². The van der Waals surface area contributed by atoms with Crippen molar-refractivity contribution in [1.82, 2.24) is 0 Å². The van der Waals surface area contributed by atoms with E-state index < -0.39 is 15.1 Å². The SMILES string of the molecule is COc1cc(C)c(Cl)c(C)c1S(=O)(=O)F. The maximum Gasteiger partial charge on any atom is 0.336 e. The first-order valence-corrected chi connectivity index (χ1v) is 5.83. The maximum absolute atomic E-state index is 13.0. The summed E-state index contributed by atoms with van der Waals surface area (Å²) in [5, 5.41) is 0.229. The molecule has 0 aliphatic heterocycles. The van der Waals surface area contributed by atoms with Crippen molar-refractivity contribution in [1.29, 1.82) is 0 Å². The van der Waals surface area contributed by atoms with Crippen LogP contribution in [-0.4, -0.2) is 15.5 Å². The van der Waals surface area contributed by atoms with E-state index in [2.05, 4.69) is 0 Å². The van der Waals surface area contributed by atoms with Gasteiger partial charge in [-0.15, -0.1) is 3.89 Å². The van der Waals surface area contributed by atoms with Gasteiger partial charge in [0.1, 0.15) is 10.6 Å². The first kappa shape index (κ1) is 12.3. The van der Waals surface area contributed by atoms with E-state index in [4.69, 9.17) is 16.3 Å². The Hall–Kier alpha value is -0.810. The van der Waals surface area contributed by atoms with E-state index in [1.165, 1.54) is 20.1 Å². The van der Waals surface area contributed by atoms with E-state index in [0.717, 1.165) is 0 Å². The minimum absolute atomic E-state index is 0.0306. The summed E-state index contributed by atoms with van der Waals surface area (Å²) < 4.78 is 39.6. The molecule has 0 atom stereocenters. The Morgan fingerprint density at radius 1 is 1.40 bits per heavy atom. The second kappa shape index (κ2) is 3.98. The van der Waals surface area contributed by atoms with Crippen molar-refractivity contribution < 1.29 is 17.0 Å². The third-order valence-electron chi connectivity index (χ3n) is 2.05. The van der Waals surface area contributed by atoms with Crippen molar-refractivity contribution >= 4 is 21.8 Å². The van der Waals surface area contributed by atoms with E-state index in [1.807, 2.05) is 0 Å². The van der Waals surface area contributed by atoms with Gasteiger partial charge >= 0.3 is 10.2 Å². The van der Waals surface area contributed by atoms with Crippen LogP contribution in [0.15, 0.2) is 11.0 Å². The minimum atomic E-state index is -4.82. The molecule has 3 nitrogen and oxygen atoms in total. The molecule has 0 N–H and O–H groups in total. The lowest BCUT2D eigenvalue weighted by Crippen LogP contribution is -2.01. The van der Waals surface area contributed by atoms with E-state index in [-0.39, 0.29) is 16.3 Å². The highest BCUT2D eigenvalue weighted by atomic mass is 35.5. The third kappa shape index (κ3) is 2.23. The lowest BCUT2D eigenvalue weighted by atomic mass is 10.1. The van der Waals surface area contributed by atoms with Crippen molar-refractivity contribution in [3.05, 3.63) is 22.2 Å². The normalized spacial score (nSPS) is 11.5. The lowest BCUT2D eigenvalue weighted by Gasteiger charge is -2.11. The molecule has 0 aromatic heterocycles. The molecule has 0 fully saturated rings. The standard InChI is InChI=1S/C9H10ClFO3S/c1-5-4-7(14-3)9(15(11,12)13)6(2)8(5)10/h4H,1-3H3. The fourth-order valence-corrected chi connectivity index (χ4v) is 2.42. The fraction of sp³-hybridized carbons (Fsp3) is 0.333. The molecule has 1 aromatic rings. The molecule has 0 heterocycles. The number of halogens is 2. The number of rotatable bonds is 2. The van der Waals surface area contributed by atoms with Gasteiger partial charge in [-0.25, -0.2) is 0 Å². The Balaban J connectivity index is 3.70. The molecule has 0 amide bonds. The molecule has 0 saturated carbocycles. The summed E-state index contributed by atoms with van der Waals surface area (Å²) >= 11 is 5.83. The quantitative estimate of drug-likeness (QED) is 0.760. The van der Waals surface area contributed by atoms with Gasteiger partial charge in [0.05, 0.1) is 7.11 Å². The van der Waals surface area contributed by atoms with E-state index in [1.54, 1.807) is 6.92 Å². The largest absolute Gasteiger partial charge is 0.495 e. The highest BCUT2D eigenvalue weighted by Gasteiger charge is 2.24. The van der Waals surface area contributed by atoms with Gasteiger partial charge in [0.25, 0.3) is 0 Å². The van der Waals surface area contributed by atoms with Crippen LogP contribution in [0.3, 0.4) is 0 Å². The monoisotopic (exact) mass is 252 g/mol. The Morgan fingerprint density at radius 2 is 1.93 bits per heavy atom. The van der Waals surface area contributed by atoms with Crippen molar-refractivity contribution in [2.24, 2.45) is 0 Å². The summed E-state index contributed by atoms with van der Waals surface area (Å²) in [7, 11) is -3.55. The van der Waals surface area contributed by atoms with Crippen molar-refractivity contribution in [3.8, 4) is 5.75 Å². The molecule has 0 spiro atoms. The Kier molecular flexibility index (Phi) is 3.25. The van der Waals surface area contributed by atoms with E-state index in [9.17, 15) is 12.3 Å². The van der Waals surface area contributed by atoms with Crippen molar-refractivity contribution in [2.75, 3.05) is 7.11 Å². The molecule has 1 aromatic carbocycles. The van der Waals surface area contributed by atoms with Crippen LogP contribution in [-0.2, 0) is 10.2 Å². The molecular formula is C9H10ClFO3S. The van der Waals surface area contributed by atoms with Crippen LogP contribution in [0.5, 0.6) is 5.75 Å². The molecule has 0 radical (unpaired) electrons. The molecule has 1 rings (SSSR count). The van der Waals surface area contributed by atoms with Gasteiger partial charge in [-0.1, -0.05) is 11.6 Å². The molecule has 84 valence electrons. The van der Waals surface area contributed by atoms with Crippen LogP contribution in [0.1, 0.15) is 11.1 Å². The second-order valence-corrected chi connectivity index (χ2v) is 4.76. The zero-order valence-electron chi connectivity index (χ0n) is 8.47. The molecule has 0 aliphatic rings. The van der Waals surface area contributed by atoms with Gasteiger partial charge in [0.15, 0.2) is 0 Å². The number of hydrogen-bond donors (Lipinski definition) is 0. The first-order chi connectivity index (χ1) is 6.79. The molecule has 15 heavy (non-hydrogen) atoms. The van der Waals surface area contributed by atoms with Crippen molar-refractivity contribution in [2.45, 2.75) is 18.7 Å². The molecular weight excluding hydrogens is 243 g/mol. The van der Waals surface area contributed by atoms with Gasteiger partial charge in [0, 0.05) is 5.02 Å². The van der Waals surface area contributed by atoms with Gasteiger partial charge in [-0.05, 0) is 31.0 Å². The van der Waals surface area contributed by atoms with Crippen LogP contribution in [0.25, 0.3) is 0 Å². The summed E-state index contributed by atoms with van der Waals surface area (Å²) in [6, 6.07) is 1.39. The summed E-state index contributed by atoms with van der Waals surface area (Å²) in [5.74, 6) is -0.0306. The number of ether oxygens (including phenoxy) is 1. The molecule has 6 heteroatoms. The summed E-state index contributed by atoms with van der Waals surface area (Å²) in [4.78, 5) is -0.499. The average molecular weight is 253 g/mol. The van der Waals surface area contributed by atoms with E-state index in [0.29, 0.717) is 5.56 Å². The van der Waals surface area contributed by atoms with Crippen LogP contribution < -0.4 is 4.74 Å². The number of benzene rings is 1. The van der Waals surface area contributed by atoms with Gasteiger partial charge in [-0.3, -0.25) is 0 Å². The van der Waals surface area contributed by atoms with E-state index >= 15 is 0 Å². The van der Waals surface area contributed by atoms with Gasteiger partial charge in [-0.2, -0.15) is 8.42 Å². The number of methoxy groups -OCH3 is 1. The zero-order chi connectivity index (χ0) is 11.8.